The van der Waals surface area contributed by atoms with Crippen LogP contribution in [0.3, 0.4) is 0 Å². The Morgan fingerprint density at radius 1 is 1.13 bits per heavy atom. The molecular weight excluding hydrogens is 399 g/mol. The van der Waals surface area contributed by atoms with Gasteiger partial charge in [0.25, 0.3) is 11.5 Å². The number of nitrogens with one attached hydrogen (secondary N) is 2. The number of hydrogen-bond donors (Lipinski definition) is 2. The van der Waals surface area contributed by atoms with Crippen molar-refractivity contribution < 1.29 is 18.0 Å². The zero-order valence-corrected chi connectivity index (χ0v) is 15.5. The minimum atomic E-state index is -4.80. The summed E-state index contributed by atoms with van der Waals surface area (Å²) in [5.41, 5.74) is -2.25. The molecule has 0 spiro atoms. The second kappa shape index (κ2) is 7.14. The number of amides is 1. The molecule has 1 aromatic carbocycles. The van der Waals surface area contributed by atoms with Crippen molar-refractivity contribution in [2.24, 2.45) is 0 Å². The van der Waals surface area contributed by atoms with Gasteiger partial charge in [-0.3, -0.25) is 14.6 Å². The van der Waals surface area contributed by atoms with Crippen molar-refractivity contribution >= 4 is 17.2 Å². The number of nitrogens with zero attached hydrogens (tertiary/aromatic N) is 3. The van der Waals surface area contributed by atoms with E-state index in [0.29, 0.717) is 10.2 Å². The van der Waals surface area contributed by atoms with Gasteiger partial charge in [-0.1, -0.05) is 30.3 Å². The normalized spacial score (nSPS) is 11.6. The summed E-state index contributed by atoms with van der Waals surface area (Å²) in [5, 5.41) is 6.01. The minimum Gasteiger partial charge on any atom is -0.342 e. The predicted molar refractivity (Wildman–Crippen MR) is 103 cm³/mol. The minimum absolute atomic E-state index is 0.111. The zero-order chi connectivity index (χ0) is 21.5. The van der Waals surface area contributed by atoms with Crippen molar-refractivity contribution in [1.29, 1.82) is 0 Å². The Balaban J connectivity index is 1.93. The predicted octanol–water partition coefficient (Wildman–Crippen LogP) is 3.66. The summed E-state index contributed by atoms with van der Waals surface area (Å²) in [4.78, 5) is 32.2. The Morgan fingerprint density at radius 3 is 2.50 bits per heavy atom. The first-order valence-corrected chi connectivity index (χ1v) is 8.77. The molecule has 3 aromatic heterocycles. The maximum absolute atomic E-state index is 13.7. The highest BCUT2D eigenvalue weighted by Crippen LogP contribution is 2.38. The van der Waals surface area contributed by atoms with E-state index in [1.165, 1.54) is 31.5 Å². The van der Waals surface area contributed by atoms with Crippen LogP contribution in [0.2, 0.25) is 0 Å². The Kier molecular flexibility index (Phi) is 4.61. The number of rotatable bonds is 3. The Bertz CT molecular complexity index is 1300. The average molecular weight is 413 g/mol. The standard InChI is InChI=1S/C20H14F3N5O2/c1-11-14(18(29)26-13-8-5-9-24-10-13)19(30)28-17(25-11)15(12-6-3-2-4-7-12)16(27-28)20(21,22)23/h2-10,25H,1H3,(H,26,29). The largest absolute Gasteiger partial charge is 0.435 e. The first-order chi connectivity index (χ1) is 14.3. The van der Waals surface area contributed by atoms with E-state index >= 15 is 0 Å². The number of aromatic nitrogens is 4. The topological polar surface area (TPSA) is 92.2 Å². The van der Waals surface area contributed by atoms with Crippen LogP contribution in [0.4, 0.5) is 18.9 Å². The van der Waals surface area contributed by atoms with E-state index in [1.54, 1.807) is 30.3 Å². The number of alkyl halides is 3. The van der Waals surface area contributed by atoms with Crippen LogP contribution in [0.15, 0.2) is 59.7 Å². The third-order valence-corrected chi connectivity index (χ3v) is 4.45. The second-order valence-corrected chi connectivity index (χ2v) is 6.47. The average Bonchev–Trinajstić information content (AvgIpc) is 3.09. The fraction of sp³-hybridized carbons (Fsp3) is 0.100. The number of pyridine rings is 1. The number of anilines is 1. The summed E-state index contributed by atoms with van der Waals surface area (Å²) in [5.74, 6) is -0.783. The Morgan fingerprint density at radius 2 is 1.87 bits per heavy atom. The van der Waals surface area contributed by atoms with Gasteiger partial charge >= 0.3 is 6.18 Å². The molecule has 1 amide bonds. The van der Waals surface area contributed by atoms with Crippen LogP contribution in [0, 0.1) is 6.92 Å². The van der Waals surface area contributed by atoms with E-state index in [2.05, 4.69) is 20.4 Å². The van der Waals surface area contributed by atoms with Crippen LogP contribution >= 0.6 is 0 Å². The van der Waals surface area contributed by atoms with Gasteiger partial charge in [0.05, 0.1) is 17.4 Å². The number of aryl methyl sites for hydroxylation is 1. The summed E-state index contributed by atoms with van der Waals surface area (Å²) >= 11 is 0. The molecule has 0 aliphatic carbocycles. The summed E-state index contributed by atoms with van der Waals surface area (Å²) in [7, 11) is 0. The monoisotopic (exact) mass is 413 g/mol. The lowest BCUT2D eigenvalue weighted by atomic mass is 10.1. The number of fused-ring (bicyclic) bond motifs is 1. The molecule has 0 saturated carbocycles. The molecule has 30 heavy (non-hydrogen) atoms. The van der Waals surface area contributed by atoms with Crippen molar-refractivity contribution in [1.82, 2.24) is 19.6 Å². The van der Waals surface area contributed by atoms with Crippen molar-refractivity contribution in [2.75, 3.05) is 5.32 Å². The van der Waals surface area contributed by atoms with Crippen LogP contribution < -0.4 is 10.9 Å². The number of hydrogen-bond acceptors (Lipinski definition) is 4. The third-order valence-electron chi connectivity index (χ3n) is 4.45. The number of carbonyl (C=O) groups excluding carboxylic acids is 1. The van der Waals surface area contributed by atoms with Gasteiger partial charge in [-0.25, -0.2) is 0 Å². The second-order valence-electron chi connectivity index (χ2n) is 6.47. The van der Waals surface area contributed by atoms with Gasteiger partial charge in [-0.2, -0.15) is 22.8 Å². The number of benzene rings is 1. The molecule has 0 aliphatic rings. The molecule has 152 valence electrons. The van der Waals surface area contributed by atoms with Crippen LogP contribution in [0.1, 0.15) is 21.7 Å². The van der Waals surface area contributed by atoms with E-state index in [0.717, 1.165) is 0 Å². The molecule has 4 aromatic rings. The molecule has 10 heteroatoms. The van der Waals surface area contributed by atoms with Gasteiger partial charge in [0.1, 0.15) is 11.2 Å². The summed E-state index contributed by atoms with van der Waals surface area (Å²) in [6, 6.07) is 11.0. The van der Waals surface area contributed by atoms with Gasteiger partial charge in [0.15, 0.2) is 5.69 Å². The van der Waals surface area contributed by atoms with Crippen LogP contribution in [-0.2, 0) is 6.18 Å². The molecule has 0 fully saturated rings. The summed E-state index contributed by atoms with van der Waals surface area (Å²) < 4.78 is 41.6. The van der Waals surface area contributed by atoms with Gasteiger partial charge in [0, 0.05) is 11.9 Å². The number of carbonyl (C=O) groups is 1. The molecular formula is C20H14F3N5O2. The highest BCUT2D eigenvalue weighted by Gasteiger charge is 2.39. The Hall–Kier alpha value is -3.95. The number of aromatic amines is 1. The highest BCUT2D eigenvalue weighted by molar-refractivity contribution is 6.05. The van der Waals surface area contributed by atoms with Gasteiger partial charge in [-0.15, -0.1) is 0 Å². The molecule has 0 aliphatic heterocycles. The van der Waals surface area contributed by atoms with E-state index in [1.807, 2.05) is 0 Å². The van der Waals surface area contributed by atoms with Crippen LogP contribution in [0.25, 0.3) is 16.8 Å². The maximum atomic E-state index is 13.7. The molecule has 2 N–H and O–H groups in total. The first-order valence-electron chi connectivity index (χ1n) is 8.77. The van der Waals surface area contributed by atoms with Gasteiger partial charge in [-0.05, 0) is 24.6 Å². The molecule has 7 nitrogen and oxygen atoms in total. The van der Waals surface area contributed by atoms with Crippen LogP contribution in [0.5, 0.6) is 0 Å². The highest BCUT2D eigenvalue weighted by atomic mass is 19.4. The lowest BCUT2D eigenvalue weighted by Gasteiger charge is -2.09. The summed E-state index contributed by atoms with van der Waals surface area (Å²) in [6.45, 7) is 1.44. The van der Waals surface area contributed by atoms with E-state index in [9.17, 15) is 22.8 Å². The van der Waals surface area contributed by atoms with E-state index in [4.69, 9.17) is 0 Å². The zero-order valence-electron chi connectivity index (χ0n) is 15.5. The van der Waals surface area contributed by atoms with Gasteiger partial charge in [0.2, 0.25) is 0 Å². The van der Waals surface area contributed by atoms with Crippen molar-refractivity contribution in [3.63, 3.8) is 0 Å². The molecule has 0 unspecified atom stereocenters. The van der Waals surface area contributed by atoms with Crippen LogP contribution in [-0.4, -0.2) is 25.5 Å². The fourth-order valence-corrected chi connectivity index (χ4v) is 3.16. The van der Waals surface area contributed by atoms with E-state index < -0.39 is 23.3 Å². The molecule has 3 heterocycles. The fourth-order valence-electron chi connectivity index (χ4n) is 3.16. The van der Waals surface area contributed by atoms with Crippen molar-refractivity contribution in [2.45, 2.75) is 13.1 Å². The number of H-pyrrole nitrogens is 1. The summed E-state index contributed by atoms with van der Waals surface area (Å²) in [6.07, 6.45) is -1.92. The molecule has 0 saturated heterocycles. The molecule has 0 atom stereocenters. The lowest BCUT2D eigenvalue weighted by Crippen LogP contribution is -2.29. The van der Waals surface area contributed by atoms with Crippen molar-refractivity contribution in [3.8, 4) is 11.1 Å². The molecule has 0 radical (unpaired) electrons. The van der Waals surface area contributed by atoms with Crippen molar-refractivity contribution in [3.05, 3.63) is 82.2 Å². The first kappa shape index (κ1) is 19.4. The smallest absolute Gasteiger partial charge is 0.342 e. The lowest BCUT2D eigenvalue weighted by molar-refractivity contribution is -0.140. The maximum Gasteiger partial charge on any atom is 0.435 e. The number of halogens is 3. The third kappa shape index (κ3) is 3.32. The van der Waals surface area contributed by atoms with E-state index in [-0.39, 0.29) is 28.0 Å². The molecule has 4 rings (SSSR count). The Labute approximate surface area is 167 Å². The molecule has 0 bridgehead atoms. The SMILES string of the molecule is Cc1[nH]c2c(-c3ccccc3)c(C(F)(F)F)nn2c(=O)c1C(=O)Nc1cccnc1. The quantitative estimate of drug-likeness (QED) is 0.536. The van der Waals surface area contributed by atoms with Gasteiger partial charge < -0.3 is 10.3 Å².